The normalized spacial score (nSPS) is 14.6. The smallest absolute Gasteiger partial charge is 0.248 e. The van der Waals surface area contributed by atoms with E-state index in [9.17, 15) is 4.79 Å². The maximum Gasteiger partial charge on any atom is 0.248 e. The fraction of sp³-hybridized carbons (Fsp3) is 0.263. The minimum atomic E-state index is -0.506. The van der Waals surface area contributed by atoms with Gasteiger partial charge in [-0.05, 0) is 42.7 Å². The molecule has 1 amide bonds. The van der Waals surface area contributed by atoms with E-state index in [1.165, 1.54) is 25.7 Å². The number of carbonyl (C=O) groups excluding carboxylic acids is 1. The van der Waals surface area contributed by atoms with Gasteiger partial charge in [-0.25, -0.2) is 0 Å². The van der Waals surface area contributed by atoms with Crippen molar-refractivity contribution in [2.45, 2.75) is 31.7 Å². The number of aromatic nitrogens is 1. The van der Waals surface area contributed by atoms with Crippen molar-refractivity contribution >= 4 is 17.2 Å². The number of rotatable bonds is 5. The Labute approximate surface area is 136 Å². The van der Waals surface area contributed by atoms with E-state index in [-0.39, 0.29) is 0 Å². The van der Waals surface area contributed by atoms with Crippen LogP contribution in [-0.2, 0) is 4.79 Å². The van der Waals surface area contributed by atoms with Gasteiger partial charge < -0.3 is 11.1 Å². The lowest BCUT2D eigenvalue weighted by Gasteiger charge is -2.18. The largest absolute Gasteiger partial charge is 0.382 e. The lowest BCUT2D eigenvalue weighted by atomic mass is 9.99. The summed E-state index contributed by atoms with van der Waals surface area (Å²) in [4.78, 5) is 15.8. The molecule has 0 atom stereocenters. The molecule has 1 aromatic carbocycles. The summed E-state index contributed by atoms with van der Waals surface area (Å²) >= 11 is 0. The van der Waals surface area contributed by atoms with Crippen molar-refractivity contribution in [3.8, 4) is 11.3 Å². The number of carbonyl (C=O) groups is 1. The third-order valence-electron chi connectivity index (χ3n) is 4.32. The standard InChI is InChI=1S/C19H21N3O/c1-13(19(20)23)14-9-10-18(22-15-6-2-3-7-15)16(12-14)17-8-4-5-11-21-17/h4-5,8-12,15,22H,1-3,6-7H2,(H2,20,23). The van der Waals surface area contributed by atoms with Crippen LogP contribution in [0.2, 0.25) is 0 Å². The second-order valence-corrected chi connectivity index (χ2v) is 5.94. The predicted molar refractivity (Wildman–Crippen MR) is 93.8 cm³/mol. The summed E-state index contributed by atoms with van der Waals surface area (Å²) in [6.45, 7) is 3.78. The van der Waals surface area contributed by atoms with Gasteiger partial charge in [-0.3, -0.25) is 9.78 Å². The van der Waals surface area contributed by atoms with Gasteiger partial charge in [-0.15, -0.1) is 0 Å². The highest BCUT2D eigenvalue weighted by atomic mass is 16.1. The highest BCUT2D eigenvalue weighted by Gasteiger charge is 2.17. The molecule has 1 heterocycles. The Morgan fingerprint density at radius 2 is 2.00 bits per heavy atom. The van der Waals surface area contributed by atoms with Crippen LogP contribution < -0.4 is 11.1 Å². The third kappa shape index (κ3) is 3.42. The van der Waals surface area contributed by atoms with Gasteiger partial charge in [0, 0.05) is 29.1 Å². The van der Waals surface area contributed by atoms with Crippen LogP contribution in [0.3, 0.4) is 0 Å². The topological polar surface area (TPSA) is 68.0 Å². The number of hydrogen-bond acceptors (Lipinski definition) is 3. The van der Waals surface area contributed by atoms with E-state index in [2.05, 4.69) is 16.9 Å². The first-order valence-electron chi connectivity index (χ1n) is 7.96. The summed E-state index contributed by atoms with van der Waals surface area (Å²) in [5.74, 6) is -0.506. The molecule has 3 rings (SSSR count). The molecule has 1 fully saturated rings. The minimum Gasteiger partial charge on any atom is -0.382 e. The van der Waals surface area contributed by atoms with Gasteiger partial charge in [-0.2, -0.15) is 0 Å². The summed E-state index contributed by atoms with van der Waals surface area (Å²) in [6, 6.07) is 12.1. The number of nitrogens with one attached hydrogen (secondary N) is 1. The average Bonchev–Trinajstić information content (AvgIpc) is 3.08. The zero-order chi connectivity index (χ0) is 16.2. The Bertz CT molecular complexity index is 719. The highest BCUT2D eigenvalue weighted by molar-refractivity contribution is 6.18. The molecule has 0 saturated heterocycles. The molecule has 0 unspecified atom stereocenters. The van der Waals surface area contributed by atoms with Crippen molar-refractivity contribution in [2.24, 2.45) is 5.73 Å². The second-order valence-electron chi connectivity index (χ2n) is 5.94. The van der Waals surface area contributed by atoms with Crippen LogP contribution in [0, 0.1) is 0 Å². The lowest BCUT2D eigenvalue weighted by Crippen LogP contribution is -2.16. The molecular weight excluding hydrogens is 286 g/mol. The highest BCUT2D eigenvalue weighted by Crippen LogP contribution is 2.32. The van der Waals surface area contributed by atoms with E-state index in [0.29, 0.717) is 11.6 Å². The number of benzene rings is 1. The Kier molecular flexibility index (Phi) is 4.42. The number of hydrogen-bond donors (Lipinski definition) is 2. The van der Waals surface area contributed by atoms with Crippen LogP contribution in [-0.4, -0.2) is 16.9 Å². The van der Waals surface area contributed by atoms with Gasteiger partial charge in [0.1, 0.15) is 0 Å². The molecule has 0 aliphatic heterocycles. The molecule has 23 heavy (non-hydrogen) atoms. The maximum atomic E-state index is 11.4. The maximum absolute atomic E-state index is 11.4. The van der Waals surface area contributed by atoms with Crippen molar-refractivity contribution in [3.63, 3.8) is 0 Å². The molecule has 1 saturated carbocycles. The van der Waals surface area contributed by atoms with Gasteiger partial charge in [-0.1, -0.05) is 31.6 Å². The van der Waals surface area contributed by atoms with Crippen LogP contribution >= 0.6 is 0 Å². The summed E-state index contributed by atoms with van der Waals surface area (Å²) in [5, 5.41) is 3.62. The van der Waals surface area contributed by atoms with E-state index in [4.69, 9.17) is 5.73 Å². The van der Waals surface area contributed by atoms with Crippen LogP contribution in [0.15, 0.2) is 49.2 Å². The Morgan fingerprint density at radius 1 is 1.22 bits per heavy atom. The Balaban J connectivity index is 2.00. The molecule has 3 N–H and O–H groups in total. The second kappa shape index (κ2) is 6.65. The summed E-state index contributed by atoms with van der Waals surface area (Å²) in [6.07, 6.45) is 6.69. The lowest BCUT2D eigenvalue weighted by molar-refractivity contribution is -0.112. The van der Waals surface area contributed by atoms with Crippen molar-refractivity contribution in [1.82, 2.24) is 4.98 Å². The Morgan fingerprint density at radius 3 is 2.65 bits per heavy atom. The zero-order valence-electron chi connectivity index (χ0n) is 13.1. The van der Waals surface area contributed by atoms with E-state index in [1.807, 2.05) is 36.4 Å². The number of pyridine rings is 1. The van der Waals surface area contributed by atoms with Crippen molar-refractivity contribution in [1.29, 1.82) is 0 Å². The molecule has 1 aromatic heterocycles. The van der Waals surface area contributed by atoms with Crippen molar-refractivity contribution in [2.75, 3.05) is 5.32 Å². The number of primary amides is 1. The van der Waals surface area contributed by atoms with Gasteiger partial charge in [0.25, 0.3) is 0 Å². The fourth-order valence-electron chi connectivity index (χ4n) is 3.02. The van der Waals surface area contributed by atoms with Crippen LogP contribution in [0.1, 0.15) is 31.2 Å². The average molecular weight is 307 g/mol. The van der Waals surface area contributed by atoms with Crippen molar-refractivity contribution in [3.05, 3.63) is 54.7 Å². The van der Waals surface area contributed by atoms with E-state index < -0.39 is 5.91 Å². The number of anilines is 1. The molecule has 118 valence electrons. The third-order valence-corrected chi connectivity index (χ3v) is 4.32. The summed E-state index contributed by atoms with van der Waals surface area (Å²) in [7, 11) is 0. The van der Waals surface area contributed by atoms with Gasteiger partial charge in [0.15, 0.2) is 0 Å². The first kappa shape index (κ1) is 15.3. The molecule has 2 aromatic rings. The first-order chi connectivity index (χ1) is 11.1. The van der Waals surface area contributed by atoms with Gasteiger partial charge in [0.2, 0.25) is 5.91 Å². The predicted octanol–water partition coefficient (Wildman–Crippen LogP) is 3.60. The molecule has 0 spiro atoms. The minimum absolute atomic E-state index is 0.314. The van der Waals surface area contributed by atoms with Gasteiger partial charge >= 0.3 is 0 Å². The SMILES string of the molecule is C=C(C(N)=O)c1ccc(NC2CCCC2)c(-c2ccccn2)c1. The molecule has 4 heteroatoms. The molecular formula is C19H21N3O. The fourth-order valence-corrected chi connectivity index (χ4v) is 3.02. The van der Waals surface area contributed by atoms with Crippen LogP contribution in [0.25, 0.3) is 16.8 Å². The molecule has 0 radical (unpaired) electrons. The molecule has 1 aliphatic carbocycles. The van der Waals surface area contributed by atoms with Crippen molar-refractivity contribution < 1.29 is 4.79 Å². The number of nitrogens with two attached hydrogens (primary N) is 1. The Hall–Kier alpha value is -2.62. The van der Waals surface area contributed by atoms with E-state index in [1.54, 1.807) is 6.20 Å². The molecule has 0 bridgehead atoms. The summed E-state index contributed by atoms with van der Waals surface area (Å²) < 4.78 is 0. The van der Waals surface area contributed by atoms with Crippen LogP contribution in [0.5, 0.6) is 0 Å². The monoisotopic (exact) mass is 307 g/mol. The first-order valence-corrected chi connectivity index (χ1v) is 7.96. The van der Waals surface area contributed by atoms with Crippen LogP contribution in [0.4, 0.5) is 5.69 Å². The molecule has 4 nitrogen and oxygen atoms in total. The number of amides is 1. The summed E-state index contributed by atoms with van der Waals surface area (Å²) in [5.41, 5.74) is 9.28. The van der Waals surface area contributed by atoms with E-state index in [0.717, 1.165) is 22.5 Å². The number of nitrogens with zero attached hydrogens (tertiary/aromatic N) is 1. The molecule has 1 aliphatic rings. The van der Waals surface area contributed by atoms with E-state index >= 15 is 0 Å². The zero-order valence-corrected chi connectivity index (χ0v) is 13.1. The quantitative estimate of drug-likeness (QED) is 0.829. The van der Waals surface area contributed by atoms with Gasteiger partial charge in [0.05, 0.1) is 5.69 Å².